The third-order valence-electron chi connectivity index (χ3n) is 4.73. The van der Waals surface area contributed by atoms with Crippen molar-refractivity contribution in [3.8, 4) is 0 Å². The zero-order chi connectivity index (χ0) is 24.8. The molecule has 0 spiro atoms. The van der Waals surface area contributed by atoms with Crippen molar-refractivity contribution in [2.24, 2.45) is 0 Å². The van der Waals surface area contributed by atoms with Crippen molar-refractivity contribution in [2.45, 2.75) is 45.3 Å². The summed E-state index contributed by atoms with van der Waals surface area (Å²) < 4.78 is 77.9. The van der Waals surface area contributed by atoms with Gasteiger partial charge in [-0.3, -0.25) is 9.52 Å². The van der Waals surface area contributed by atoms with Crippen LogP contribution in [0.4, 0.5) is 29.1 Å². The number of aromatic nitrogens is 1. The molecule has 0 fully saturated rings. The molecule has 12 heteroatoms. The van der Waals surface area contributed by atoms with Gasteiger partial charge >= 0.3 is 6.18 Å². The Balaban J connectivity index is 2.13. The molecule has 1 heterocycles. The first-order valence-corrected chi connectivity index (χ1v) is 12.1. The zero-order valence-corrected chi connectivity index (χ0v) is 19.2. The number of halogens is 4. The topological polar surface area (TPSA) is 100 Å². The molecule has 0 aliphatic heterocycles. The Morgan fingerprint density at radius 2 is 1.88 bits per heavy atom. The predicted molar refractivity (Wildman–Crippen MR) is 118 cm³/mol. The third kappa shape index (κ3) is 7.88. The molecule has 2 aromatic rings. The fourth-order valence-electron chi connectivity index (χ4n) is 2.90. The molecular formula is C21H26F4N4O3S. The molecule has 1 aromatic heterocycles. The van der Waals surface area contributed by atoms with Crippen LogP contribution in [0.3, 0.4) is 0 Å². The number of nitrogens with zero attached hydrogens (tertiary/aromatic N) is 1. The molecule has 7 nitrogen and oxygen atoms in total. The van der Waals surface area contributed by atoms with Crippen molar-refractivity contribution in [2.75, 3.05) is 22.8 Å². The standard InChI is InChI=1S/C21H26F4N4O3S/c1-4-5-10-26-19-15(7-9-18(28-19)21(23,24)25)12-27-20(30)13(2)14-6-8-17(16(22)11-14)29-33(3,31)32/h6-9,11,13,29H,4-5,10,12H2,1-3H3,(H,26,28)(H,27,30). The highest BCUT2D eigenvalue weighted by Gasteiger charge is 2.33. The van der Waals surface area contributed by atoms with Crippen molar-refractivity contribution in [1.82, 2.24) is 10.3 Å². The van der Waals surface area contributed by atoms with E-state index >= 15 is 0 Å². The van der Waals surface area contributed by atoms with Crippen molar-refractivity contribution in [1.29, 1.82) is 0 Å². The number of amides is 1. The summed E-state index contributed by atoms with van der Waals surface area (Å²) >= 11 is 0. The van der Waals surface area contributed by atoms with Gasteiger partial charge in [-0.1, -0.05) is 25.5 Å². The molecule has 1 atom stereocenters. The summed E-state index contributed by atoms with van der Waals surface area (Å²) in [7, 11) is -3.66. The number of carbonyl (C=O) groups is 1. The minimum atomic E-state index is -4.60. The highest BCUT2D eigenvalue weighted by molar-refractivity contribution is 7.92. The van der Waals surface area contributed by atoms with E-state index in [9.17, 15) is 30.8 Å². The molecule has 1 unspecified atom stereocenters. The number of anilines is 2. The van der Waals surface area contributed by atoms with Gasteiger partial charge in [0.1, 0.15) is 17.3 Å². The SMILES string of the molecule is CCCCNc1nc(C(F)(F)F)ccc1CNC(=O)C(C)c1ccc(NS(C)(=O)=O)c(F)c1. The van der Waals surface area contributed by atoms with E-state index in [0.717, 1.165) is 31.2 Å². The van der Waals surface area contributed by atoms with Crippen LogP contribution in [0.1, 0.15) is 49.4 Å². The number of nitrogens with one attached hydrogen (secondary N) is 3. The summed E-state index contributed by atoms with van der Waals surface area (Å²) in [6, 6.07) is 5.78. The second-order valence-electron chi connectivity index (χ2n) is 7.54. The average molecular weight is 491 g/mol. The Morgan fingerprint density at radius 3 is 2.45 bits per heavy atom. The Bertz CT molecular complexity index is 1090. The zero-order valence-electron chi connectivity index (χ0n) is 18.4. The molecule has 0 bridgehead atoms. The molecule has 3 N–H and O–H groups in total. The molecular weight excluding hydrogens is 464 g/mol. The predicted octanol–water partition coefficient (Wildman–Crippen LogP) is 4.24. The number of pyridine rings is 1. The Labute approximate surface area is 190 Å². The van der Waals surface area contributed by atoms with Gasteiger partial charge in [0.25, 0.3) is 0 Å². The van der Waals surface area contributed by atoms with Crippen molar-refractivity contribution in [3.05, 3.63) is 53.0 Å². The summed E-state index contributed by atoms with van der Waals surface area (Å²) in [6.07, 6.45) is -2.14. The molecule has 0 radical (unpaired) electrons. The van der Waals surface area contributed by atoms with Crippen molar-refractivity contribution >= 4 is 27.4 Å². The Kier molecular flexibility index (Phi) is 8.64. The van der Waals surface area contributed by atoms with E-state index in [-0.39, 0.29) is 18.1 Å². The van der Waals surface area contributed by atoms with Gasteiger partial charge < -0.3 is 10.6 Å². The average Bonchev–Trinajstić information content (AvgIpc) is 2.72. The molecule has 182 valence electrons. The summed E-state index contributed by atoms with van der Waals surface area (Å²) in [6.45, 7) is 3.81. The molecule has 33 heavy (non-hydrogen) atoms. The minimum absolute atomic E-state index is 0.0356. The van der Waals surface area contributed by atoms with Crippen LogP contribution in [0.25, 0.3) is 0 Å². The van der Waals surface area contributed by atoms with Gasteiger partial charge in [-0.25, -0.2) is 17.8 Å². The second-order valence-corrected chi connectivity index (χ2v) is 9.28. The summed E-state index contributed by atoms with van der Waals surface area (Å²) in [5.74, 6) is -2.09. The quantitative estimate of drug-likeness (QED) is 0.342. The molecule has 0 aliphatic carbocycles. The van der Waals surface area contributed by atoms with E-state index < -0.39 is 39.5 Å². The maximum Gasteiger partial charge on any atom is 0.433 e. The van der Waals surface area contributed by atoms with Crippen LogP contribution in [-0.4, -0.2) is 32.1 Å². The number of benzene rings is 1. The number of unbranched alkanes of at least 4 members (excludes halogenated alkanes) is 1. The van der Waals surface area contributed by atoms with E-state index in [4.69, 9.17) is 0 Å². The van der Waals surface area contributed by atoms with Crippen LogP contribution >= 0.6 is 0 Å². The molecule has 2 rings (SSSR count). The number of hydrogen-bond donors (Lipinski definition) is 3. The van der Waals surface area contributed by atoms with Crippen LogP contribution in [-0.2, 0) is 27.5 Å². The van der Waals surface area contributed by atoms with Crippen molar-refractivity contribution < 1.29 is 30.8 Å². The van der Waals surface area contributed by atoms with Gasteiger partial charge in [-0.2, -0.15) is 13.2 Å². The number of rotatable bonds is 10. The summed E-state index contributed by atoms with van der Waals surface area (Å²) in [4.78, 5) is 16.2. The van der Waals surface area contributed by atoms with E-state index in [2.05, 4.69) is 15.6 Å². The van der Waals surface area contributed by atoms with Crippen LogP contribution < -0.4 is 15.4 Å². The van der Waals surface area contributed by atoms with Crippen LogP contribution in [0.5, 0.6) is 0 Å². The first kappa shape index (κ1) is 26.4. The number of hydrogen-bond acceptors (Lipinski definition) is 5. The van der Waals surface area contributed by atoms with Crippen LogP contribution in [0.2, 0.25) is 0 Å². The van der Waals surface area contributed by atoms with E-state index in [1.165, 1.54) is 25.1 Å². The lowest BCUT2D eigenvalue weighted by Gasteiger charge is -2.17. The molecule has 1 aromatic carbocycles. The smallest absolute Gasteiger partial charge is 0.370 e. The molecule has 0 aliphatic rings. The summed E-state index contributed by atoms with van der Waals surface area (Å²) in [5, 5.41) is 5.50. The highest BCUT2D eigenvalue weighted by atomic mass is 32.2. The Morgan fingerprint density at radius 1 is 1.18 bits per heavy atom. The fraction of sp³-hybridized carbons (Fsp3) is 0.429. The van der Waals surface area contributed by atoms with Crippen LogP contribution in [0.15, 0.2) is 30.3 Å². The lowest BCUT2D eigenvalue weighted by molar-refractivity contribution is -0.141. The maximum absolute atomic E-state index is 14.2. The van der Waals surface area contributed by atoms with Crippen LogP contribution in [0, 0.1) is 5.82 Å². The number of carbonyl (C=O) groups excluding carboxylic acids is 1. The maximum atomic E-state index is 14.2. The fourth-order valence-corrected chi connectivity index (χ4v) is 3.46. The normalized spacial score (nSPS) is 12.8. The summed E-state index contributed by atoms with van der Waals surface area (Å²) in [5.41, 5.74) is -0.606. The molecule has 0 saturated carbocycles. The third-order valence-corrected chi connectivity index (χ3v) is 5.32. The van der Waals surface area contributed by atoms with E-state index in [1.807, 2.05) is 11.6 Å². The van der Waals surface area contributed by atoms with Gasteiger partial charge in [0.15, 0.2) is 0 Å². The minimum Gasteiger partial charge on any atom is -0.370 e. The first-order chi connectivity index (χ1) is 15.3. The van der Waals surface area contributed by atoms with Crippen molar-refractivity contribution in [3.63, 3.8) is 0 Å². The lowest BCUT2D eigenvalue weighted by Crippen LogP contribution is -2.28. The largest absolute Gasteiger partial charge is 0.433 e. The van der Waals surface area contributed by atoms with Gasteiger partial charge in [-0.05, 0) is 37.1 Å². The van der Waals surface area contributed by atoms with Gasteiger partial charge in [-0.15, -0.1) is 0 Å². The second kappa shape index (κ2) is 10.8. The van der Waals surface area contributed by atoms with Gasteiger partial charge in [0.05, 0.1) is 17.9 Å². The van der Waals surface area contributed by atoms with E-state index in [0.29, 0.717) is 17.7 Å². The monoisotopic (exact) mass is 490 g/mol. The lowest BCUT2D eigenvalue weighted by atomic mass is 9.99. The highest BCUT2D eigenvalue weighted by Crippen LogP contribution is 2.30. The van der Waals surface area contributed by atoms with Gasteiger partial charge in [0.2, 0.25) is 15.9 Å². The molecule has 0 saturated heterocycles. The van der Waals surface area contributed by atoms with Gasteiger partial charge in [0, 0.05) is 18.7 Å². The van der Waals surface area contributed by atoms with E-state index in [1.54, 1.807) is 0 Å². The first-order valence-electron chi connectivity index (χ1n) is 10.2. The molecule has 1 amide bonds. The number of sulfonamides is 1. The Hall–Kier alpha value is -2.89. The number of alkyl halides is 3.